The summed E-state index contributed by atoms with van der Waals surface area (Å²) in [6.45, 7) is 0.944. The van der Waals surface area contributed by atoms with Crippen molar-refractivity contribution in [3.63, 3.8) is 0 Å². The van der Waals surface area contributed by atoms with E-state index in [1.54, 1.807) is 13.0 Å². The second-order valence-corrected chi connectivity index (χ2v) is 9.21. The van der Waals surface area contributed by atoms with Gasteiger partial charge in [0, 0.05) is 31.7 Å². The number of anilines is 1. The molecule has 1 N–H and O–H groups in total. The van der Waals surface area contributed by atoms with Gasteiger partial charge in [0.1, 0.15) is 6.54 Å². The van der Waals surface area contributed by atoms with E-state index in [0.717, 1.165) is 0 Å². The second-order valence-electron chi connectivity index (χ2n) is 7.27. The van der Waals surface area contributed by atoms with Gasteiger partial charge in [0.05, 0.1) is 24.0 Å². The molecular formula is C18H22F3N3O5S. The van der Waals surface area contributed by atoms with Gasteiger partial charge in [0.15, 0.2) is 0 Å². The number of morpholine rings is 1. The summed E-state index contributed by atoms with van der Waals surface area (Å²) in [4.78, 5) is 24.9. The summed E-state index contributed by atoms with van der Waals surface area (Å²) >= 11 is 0. The summed E-state index contributed by atoms with van der Waals surface area (Å²) in [5, 5.41) is 2.56. The average Bonchev–Trinajstić information content (AvgIpc) is 3.03. The van der Waals surface area contributed by atoms with E-state index in [2.05, 4.69) is 5.32 Å². The third-order valence-electron chi connectivity index (χ3n) is 5.03. The van der Waals surface area contributed by atoms with Gasteiger partial charge in [-0.3, -0.25) is 9.59 Å². The molecule has 2 heterocycles. The fourth-order valence-corrected chi connectivity index (χ4v) is 4.82. The number of amides is 2. The van der Waals surface area contributed by atoms with Gasteiger partial charge in [-0.15, -0.1) is 0 Å². The fourth-order valence-electron chi connectivity index (χ4n) is 3.38. The molecule has 2 saturated heterocycles. The lowest BCUT2D eigenvalue weighted by atomic mass is 10.1. The predicted molar refractivity (Wildman–Crippen MR) is 100 cm³/mol. The van der Waals surface area contributed by atoms with Crippen LogP contribution in [0.25, 0.3) is 0 Å². The molecular weight excluding hydrogens is 427 g/mol. The lowest BCUT2D eigenvalue weighted by Crippen LogP contribution is -2.40. The minimum atomic E-state index is -4.54. The maximum absolute atomic E-state index is 12.8. The van der Waals surface area contributed by atoms with E-state index in [1.165, 1.54) is 16.4 Å². The van der Waals surface area contributed by atoms with Crippen LogP contribution in [0, 0.1) is 12.8 Å². The number of hydrogen-bond donors (Lipinski definition) is 1. The number of carbonyl (C=O) groups excluding carboxylic acids is 2. The average molecular weight is 449 g/mol. The van der Waals surface area contributed by atoms with Crippen LogP contribution in [0.4, 0.5) is 18.9 Å². The Morgan fingerprint density at radius 2 is 1.93 bits per heavy atom. The van der Waals surface area contributed by atoms with Crippen molar-refractivity contribution in [3.05, 3.63) is 23.8 Å². The quantitative estimate of drug-likeness (QED) is 0.733. The summed E-state index contributed by atoms with van der Waals surface area (Å²) in [6, 6.07) is 4.29. The Morgan fingerprint density at radius 1 is 1.27 bits per heavy atom. The largest absolute Gasteiger partial charge is 0.406 e. The van der Waals surface area contributed by atoms with Crippen molar-refractivity contribution >= 4 is 27.5 Å². The third-order valence-corrected chi connectivity index (χ3v) is 6.92. The molecule has 2 aliphatic rings. The van der Waals surface area contributed by atoms with Crippen molar-refractivity contribution in [2.24, 2.45) is 5.92 Å². The van der Waals surface area contributed by atoms with Crippen LogP contribution in [0.5, 0.6) is 0 Å². The minimum absolute atomic E-state index is 0.00787. The number of likely N-dealkylation sites (tertiary alicyclic amines) is 1. The highest BCUT2D eigenvalue weighted by Gasteiger charge is 2.40. The van der Waals surface area contributed by atoms with Crippen LogP contribution in [-0.2, 0) is 24.3 Å². The van der Waals surface area contributed by atoms with Gasteiger partial charge in [0.25, 0.3) is 0 Å². The van der Waals surface area contributed by atoms with E-state index in [-0.39, 0.29) is 36.6 Å². The lowest BCUT2D eigenvalue weighted by molar-refractivity contribution is -0.157. The van der Waals surface area contributed by atoms with Crippen molar-refractivity contribution in [2.75, 3.05) is 44.7 Å². The number of benzene rings is 1. The van der Waals surface area contributed by atoms with Crippen molar-refractivity contribution < 1.29 is 35.9 Å². The van der Waals surface area contributed by atoms with Crippen LogP contribution < -0.4 is 5.32 Å². The van der Waals surface area contributed by atoms with E-state index >= 15 is 0 Å². The van der Waals surface area contributed by atoms with Crippen LogP contribution in [-0.4, -0.2) is 75.0 Å². The molecule has 2 amide bonds. The van der Waals surface area contributed by atoms with Gasteiger partial charge in [-0.05, 0) is 24.6 Å². The lowest BCUT2D eigenvalue weighted by Gasteiger charge is -2.26. The van der Waals surface area contributed by atoms with E-state index in [4.69, 9.17) is 4.74 Å². The van der Waals surface area contributed by atoms with Crippen LogP contribution >= 0.6 is 0 Å². The zero-order chi connectivity index (χ0) is 22.1. The molecule has 30 heavy (non-hydrogen) atoms. The first-order valence-electron chi connectivity index (χ1n) is 9.31. The van der Waals surface area contributed by atoms with E-state index in [0.29, 0.717) is 23.7 Å². The molecule has 1 aromatic carbocycles. The van der Waals surface area contributed by atoms with Crippen molar-refractivity contribution in [2.45, 2.75) is 24.4 Å². The zero-order valence-corrected chi connectivity index (χ0v) is 17.1. The van der Waals surface area contributed by atoms with Crippen LogP contribution in [0.15, 0.2) is 23.1 Å². The number of alkyl halides is 3. The molecule has 1 aromatic rings. The Morgan fingerprint density at radius 3 is 2.57 bits per heavy atom. The van der Waals surface area contributed by atoms with Gasteiger partial charge in [-0.2, -0.15) is 17.5 Å². The Bertz CT molecular complexity index is 929. The Hall–Kier alpha value is -2.18. The summed E-state index contributed by atoms with van der Waals surface area (Å²) in [7, 11) is -3.78. The van der Waals surface area contributed by atoms with Crippen LogP contribution in [0.3, 0.4) is 0 Å². The van der Waals surface area contributed by atoms with Gasteiger partial charge < -0.3 is 15.0 Å². The molecule has 0 bridgehead atoms. The zero-order valence-electron chi connectivity index (χ0n) is 16.2. The molecule has 12 heteroatoms. The topological polar surface area (TPSA) is 96.0 Å². The SMILES string of the molecule is Cc1ccc(S(=O)(=O)N2CCOCC2)cc1NC(=O)C1CC(=O)N(CC(F)(F)F)C1. The predicted octanol–water partition coefficient (Wildman–Crippen LogP) is 1.37. The van der Waals surface area contributed by atoms with Crippen molar-refractivity contribution in [3.8, 4) is 0 Å². The maximum atomic E-state index is 12.8. The number of hydrogen-bond acceptors (Lipinski definition) is 5. The molecule has 8 nitrogen and oxygen atoms in total. The number of ether oxygens (including phenoxy) is 1. The van der Waals surface area contributed by atoms with Gasteiger partial charge in [0.2, 0.25) is 21.8 Å². The minimum Gasteiger partial charge on any atom is -0.379 e. The Kier molecular flexibility index (Phi) is 6.39. The van der Waals surface area contributed by atoms with Gasteiger partial charge in [-0.1, -0.05) is 6.07 Å². The molecule has 0 saturated carbocycles. The fraction of sp³-hybridized carbons (Fsp3) is 0.556. The first kappa shape index (κ1) is 22.5. The van der Waals surface area contributed by atoms with E-state index < -0.39 is 40.5 Å². The normalized spacial score (nSPS) is 21.1. The molecule has 0 radical (unpaired) electrons. The molecule has 1 unspecified atom stereocenters. The summed E-state index contributed by atoms with van der Waals surface area (Å²) < 4.78 is 69.7. The molecule has 1 atom stereocenters. The smallest absolute Gasteiger partial charge is 0.379 e. The standard InChI is InChI=1S/C18H22F3N3O5S/c1-12-2-3-14(30(27,28)24-4-6-29-7-5-24)9-15(12)22-17(26)13-8-16(25)23(10-13)11-18(19,20)21/h2-3,9,13H,4-8,10-11H2,1H3,(H,22,26). The Labute approximate surface area is 172 Å². The van der Waals surface area contributed by atoms with Crippen molar-refractivity contribution in [1.82, 2.24) is 9.21 Å². The third kappa shape index (κ3) is 5.10. The highest BCUT2D eigenvalue weighted by atomic mass is 32.2. The van der Waals surface area contributed by atoms with E-state index in [9.17, 15) is 31.2 Å². The highest BCUT2D eigenvalue weighted by Crippen LogP contribution is 2.27. The highest BCUT2D eigenvalue weighted by molar-refractivity contribution is 7.89. The molecule has 0 aromatic heterocycles. The van der Waals surface area contributed by atoms with Crippen LogP contribution in [0.2, 0.25) is 0 Å². The van der Waals surface area contributed by atoms with E-state index in [1.807, 2.05) is 0 Å². The van der Waals surface area contributed by atoms with Crippen LogP contribution in [0.1, 0.15) is 12.0 Å². The monoisotopic (exact) mass is 449 g/mol. The molecule has 2 aliphatic heterocycles. The number of sulfonamides is 1. The summed E-state index contributed by atoms with van der Waals surface area (Å²) in [5.41, 5.74) is 0.816. The summed E-state index contributed by atoms with van der Waals surface area (Å²) in [5.74, 6) is -2.32. The number of rotatable bonds is 5. The molecule has 3 rings (SSSR count). The molecule has 0 aliphatic carbocycles. The number of nitrogens with one attached hydrogen (secondary N) is 1. The maximum Gasteiger partial charge on any atom is 0.406 e. The van der Waals surface area contributed by atoms with Gasteiger partial charge >= 0.3 is 6.18 Å². The Balaban J connectivity index is 1.73. The van der Waals surface area contributed by atoms with Gasteiger partial charge in [-0.25, -0.2) is 8.42 Å². The number of carbonyl (C=O) groups is 2. The molecule has 2 fully saturated rings. The van der Waals surface area contributed by atoms with Crippen molar-refractivity contribution in [1.29, 1.82) is 0 Å². The second kappa shape index (κ2) is 8.52. The number of halogens is 3. The number of nitrogens with zero attached hydrogens (tertiary/aromatic N) is 2. The molecule has 0 spiro atoms. The number of aryl methyl sites for hydroxylation is 1. The summed E-state index contributed by atoms with van der Waals surface area (Å²) in [6.07, 6.45) is -4.87. The first-order valence-corrected chi connectivity index (χ1v) is 10.8. The first-order chi connectivity index (χ1) is 14.0. The molecule has 166 valence electrons.